The Balaban J connectivity index is 1.07. The van der Waals surface area contributed by atoms with Crippen molar-refractivity contribution in [3.8, 4) is 83.8 Å². The Morgan fingerprint density at radius 2 is 0.819 bits per heavy atom. The summed E-state index contributed by atoms with van der Waals surface area (Å²) in [6, 6.07) is 91.1. The van der Waals surface area contributed by atoms with E-state index in [1.54, 1.807) is 0 Å². The van der Waals surface area contributed by atoms with Gasteiger partial charge >= 0.3 is 0 Å². The van der Waals surface area contributed by atoms with Gasteiger partial charge in [-0.25, -0.2) is 4.98 Å². The third-order valence-electron chi connectivity index (χ3n) is 14.8. The number of imidazole rings is 1. The fraction of sp³-hybridized carbons (Fsp3) is 0.0429. The van der Waals surface area contributed by atoms with Crippen LogP contribution in [0.1, 0.15) is 18.9 Å². The van der Waals surface area contributed by atoms with Crippen LogP contribution in [0.4, 0.5) is 0 Å². The molecule has 340 valence electrons. The zero-order chi connectivity index (χ0) is 48.0. The quantitative estimate of drug-likeness (QED) is 0.132. The maximum Gasteiger partial charge on any atom is 0.145 e. The van der Waals surface area contributed by atoms with Gasteiger partial charge in [-0.2, -0.15) is 0 Å². The van der Waals surface area contributed by atoms with Crippen molar-refractivity contribution < 1.29 is 0 Å². The molecule has 11 aromatic carbocycles. The second-order valence-corrected chi connectivity index (χ2v) is 19.3. The van der Waals surface area contributed by atoms with Gasteiger partial charge in [-0.1, -0.05) is 225 Å². The molecule has 2 heteroatoms. The Labute approximate surface area is 421 Å². The molecule has 13 rings (SSSR count). The molecule has 0 bridgehead atoms. The average Bonchev–Trinajstić information content (AvgIpc) is 3.85. The summed E-state index contributed by atoms with van der Waals surface area (Å²) >= 11 is 0. The average molecular weight is 919 g/mol. The Bertz CT molecular complexity index is 3980. The normalized spacial score (nSPS) is 14.3. The van der Waals surface area contributed by atoms with E-state index in [4.69, 9.17) is 4.98 Å². The predicted molar refractivity (Wildman–Crippen MR) is 304 cm³/mol. The maximum absolute atomic E-state index is 5.19. The number of nitrogens with zero attached hydrogens (tertiary/aromatic N) is 2. The molecule has 1 aromatic heterocycles. The lowest BCUT2D eigenvalue weighted by molar-refractivity contribution is 0.600. The summed E-state index contributed by atoms with van der Waals surface area (Å²) in [4.78, 5) is 5.19. The standard InChI is InChI=1S/C70H50N2/c1-70(39-19-6-20-40-70)59-45-56(50-25-11-4-12-26-50)44-58(46-59)67-61-29-15-16-30-62(61)68(57-42-54(48-21-7-2-8-22-48)41-55(43-57)49-23-9-3-10-24-49)64-47-53(37-38-63(64)67)51-33-35-52(36-34-51)69-71-65-31-17-18-32-66(65)72(69)60-27-13-5-14-28-60/h2-39,41-47H,40H2,1H3. The Morgan fingerprint density at radius 1 is 0.361 bits per heavy atom. The third kappa shape index (κ3) is 7.75. The number of fused-ring (bicyclic) bond motifs is 3. The van der Waals surface area contributed by atoms with Crippen molar-refractivity contribution in [3.63, 3.8) is 0 Å². The fourth-order valence-electron chi connectivity index (χ4n) is 11.1. The molecule has 0 radical (unpaired) electrons. The van der Waals surface area contributed by atoms with Gasteiger partial charge in [0.1, 0.15) is 5.82 Å². The highest BCUT2D eigenvalue weighted by Crippen LogP contribution is 2.48. The van der Waals surface area contributed by atoms with Crippen molar-refractivity contribution in [1.29, 1.82) is 0 Å². The number of aromatic nitrogens is 2. The summed E-state index contributed by atoms with van der Waals surface area (Å²) in [6.07, 6.45) is 9.99. The summed E-state index contributed by atoms with van der Waals surface area (Å²) in [5, 5.41) is 4.87. The van der Waals surface area contributed by atoms with Gasteiger partial charge in [-0.3, -0.25) is 4.57 Å². The van der Waals surface area contributed by atoms with Crippen LogP contribution in [-0.4, -0.2) is 9.55 Å². The number of rotatable bonds is 9. The minimum Gasteiger partial charge on any atom is -0.292 e. The van der Waals surface area contributed by atoms with Crippen molar-refractivity contribution in [1.82, 2.24) is 9.55 Å². The van der Waals surface area contributed by atoms with E-state index < -0.39 is 0 Å². The van der Waals surface area contributed by atoms with E-state index in [2.05, 4.69) is 285 Å². The molecule has 2 nitrogen and oxygen atoms in total. The van der Waals surface area contributed by atoms with Crippen LogP contribution >= 0.6 is 0 Å². The first-order chi connectivity index (χ1) is 35.5. The van der Waals surface area contributed by atoms with Crippen LogP contribution in [0.3, 0.4) is 0 Å². The maximum atomic E-state index is 5.19. The molecule has 12 aromatic rings. The number of hydrogen-bond acceptors (Lipinski definition) is 1. The highest BCUT2D eigenvalue weighted by molar-refractivity contribution is 6.22. The zero-order valence-corrected chi connectivity index (χ0v) is 40.1. The Hall–Kier alpha value is -9.11. The lowest BCUT2D eigenvalue weighted by atomic mass is 9.75. The van der Waals surface area contributed by atoms with Gasteiger partial charge in [0, 0.05) is 16.7 Å². The molecule has 0 fully saturated rings. The van der Waals surface area contributed by atoms with E-state index in [0.717, 1.165) is 45.7 Å². The number of allylic oxidation sites excluding steroid dienone is 4. The second kappa shape index (κ2) is 18.0. The van der Waals surface area contributed by atoms with Gasteiger partial charge in [0.2, 0.25) is 0 Å². The fourth-order valence-corrected chi connectivity index (χ4v) is 11.1. The van der Waals surface area contributed by atoms with Crippen molar-refractivity contribution in [2.75, 3.05) is 0 Å². The predicted octanol–water partition coefficient (Wildman–Crippen LogP) is 18.8. The molecule has 0 saturated carbocycles. The van der Waals surface area contributed by atoms with Crippen molar-refractivity contribution in [3.05, 3.63) is 279 Å². The monoisotopic (exact) mass is 918 g/mol. The van der Waals surface area contributed by atoms with E-state index >= 15 is 0 Å². The van der Waals surface area contributed by atoms with E-state index in [1.165, 1.54) is 82.7 Å². The van der Waals surface area contributed by atoms with Crippen LogP contribution in [0, 0.1) is 0 Å². The van der Waals surface area contributed by atoms with Crippen molar-refractivity contribution in [2.24, 2.45) is 0 Å². The number of hydrogen-bond donors (Lipinski definition) is 0. The zero-order valence-electron chi connectivity index (χ0n) is 40.1. The molecule has 1 heterocycles. The second-order valence-electron chi connectivity index (χ2n) is 19.3. The molecule has 1 aliphatic carbocycles. The van der Waals surface area contributed by atoms with Crippen LogP contribution in [0.25, 0.3) is 116 Å². The first-order valence-electron chi connectivity index (χ1n) is 25.0. The van der Waals surface area contributed by atoms with Crippen molar-refractivity contribution >= 4 is 32.6 Å². The van der Waals surface area contributed by atoms with E-state index in [9.17, 15) is 0 Å². The van der Waals surface area contributed by atoms with Crippen molar-refractivity contribution in [2.45, 2.75) is 18.8 Å². The molecule has 0 spiro atoms. The Kier molecular flexibility index (Phi) is 10.7. The summed E-state index contributed by atoms with van der Waals surface area (Å²) in [5.41, 5.74) is 19.7. The molecular formula is C70H50N2. The summed E-state index contributed by atoms with van der Waals surface area (Å²) in [6.45, 7) is 2.37. The van der Waals surface area contributed by atoms with E-state index in [1.807, 2.05) is 0 Å². The summed E-state index contributed by atoms with van der Waals surface area (Å²) in [7, 11) is 0. The molecule has 1 aliphatic rings. The molecule has 0 aliphatic heterocycles. The molecular weight excluding hydrogens is 869 g/mol. The van der Waals surface area contributed by atoms with E-state index in [-0.39, 0.29) is 5.41 Å². The van der Waals surface area contributed by atoms with Crippen LogP contribution in [-0.2, 0) is 5.41 Å². The minimum absolute atomic E-state index is 0.157. The first kappa shape index (κ1) is 43.0. The molecule has 0 amide bonds. The topological polar surface area (TPSA) is 17.8 Å². The van der Waals surface area contributed by atoms with E-state index in [0.29, 0.717) is 0 Å². The van der Waals surface area contributed by atoms with Gasteiger partial charge in [-0.15, -0.1) is 0 Å². The van der Waals surface area contributed by atoms with Crippen LogP contribution in [0.5, 0.6) is 0 Å². The number of para-hydroxylation sites is 3. The Morgan fingerprint density at radius 3 is 1.43 bits per heavy atom. The van der Waals surface area contributed by atoms with Gasteiger partial charge < -0.3 is 0 Å². The minimum atomic E-state index is -0.157. The summed E-state index contributed by atoms with van der Waals surface area (Å²) in [5.74, 6) is 0.920. The van der Waals surface area contributed by atoms with Gasteiger partial charge in [0.15, 0.2) is 0 Å². The molecule has 0 saturated heterocycles. The highest BCUT2D eigenvalue weighted by Gasteiger charge is 2.27. The molecule has 72 heavy (non-hydrogen) atoms. The van der Waals surface area contributed by atoms with Gasteiger partial charge in [0.25, 0.3) is 0 Å². The smallest absolute Gasteiger partial charge is 0.145 e. The lowest BCUT2D eigenvalue weighted by Gasteiger charge is -2.29. The first-order valence-corrected chi connectivity index (χ1v) is 25.0. The SMILES string of the molecule is CC1(c2cc(-c3ccccc3)cc(-c3c4ccccc4c(-c4cc(-c5ccccc5)cc(-c5ccccc5)c4)c4cc(-c5ccc(-c6nc7ccccc7n6-c6ccccc6)cc5)ccc34)c2)C=CC=CC1. The van der Waals surface area contributed by atoms with Crippen LogP contribution in [0.15, 0.2) is 273 Å². The molecule has 1 atom stereocenters. The lowest BCUT2D eigenvalue weighted by Crippen LogP contribution is -2.19. The highest BCUT2D eigenvalue weighted by atomic mass is 15.1. The largest absolute Gasteiger partial charge is 0.292 e. The van der Waals surface area contributed by atoms with Gasteiger partial charge in [-0.05, 0) is 155 Å². The number of benzene rings is 11. The van der Waals surface area contributed by atoms with Crippen LogP contribution < -0.4 is 0 Å². The molecule has 0 N–H and O–H groups in total. The molecule has 1 unspecified atom stereocenters. The summed E-state index contributed by atoms with van der Waals surface area (Å²) < 4.78 is 2.27. The van der Waals surface area contributed by atoms with Gasteiger partial charge in [0.05, 0.1) is 11.0 Å². The third-order valence-corrected chi connectivity index (χ3v) is 14.8. The van der Waals surface area contributed by atoms with Crippen LogP contribution in [0.2, 0.25) is 0 Å².